The lowest BCUT2D eigenvalue weighted by atomic mass is 9.98. The third-order valence-electron chi connectivity index (χ3n) is 10.4. The van der Waals surface area contributed by atoms with Gasteiger partial charge in [-0.25, -0.2) is 0 Å². The van der Waals surface area contributed by atoms with E-state index in [-0.39, 0.29) is 0 Å². The summed E-state index contributed by atoms with van der Waals surface area (Å²) in [4.78, 5) is 2.50. The van der Waals surface area contributed by atoms with Gasteiger partial charge in [0.2, 0.25) is 0 Å². The van der Waals surface area contributed by atoms with Crippen LogP contribution in [0.15, 0.2) is 182 Å². The van der Waals surface area contributed by atoms with Crippen LogP contribution in [0.1, 0.15) is 0 Å². The Balaban J connectivity index is 1.18. The van der Waals surface area contributed by atoms with Gasteiger partial charge in [-0.2, -0.15) is 0 Å². The molecule has 244 valence electrons. The van der Waals surface area contributed by atoms with Gasteiger partial charge in [0.15, 0.2) is 0 Å². The van der Waals surface area contributed by atoms with Gasteiger partial charge >= 0.3 is 0 Å². The van der Waals surface area contributed by atoms with Gasteiger partial charge < -0.3 is 9.47 Å². The molecule has 0 saturated carbocycles. The lowest BCUT2D eigenvalue weighted by Crippen LogP contribution is -2.10. The Hall–Kier alpha value is -6.20. The van der Waals surface area contributed by atoms with Crippen LogP contribution in [-0.2, 0) is 0 Å². The van der Waals surface area contributed by atoms with E-state index in [1.165, 1.54) is 90.3 Å². The van der Waals surface area contributed by atoms with E-state index >= 15 is 0 Å². The second kappa shape index (κ2) is 11.7. The summed E-state index contributed by atoms with van der Waals surface area (Å²) < 4.78 is 7.63. The molecule has 11 aromatic rings. The molecule has 0 saturated heterocycles. The number of aromatic nitrogens is 1. The van der Waals surface area contributed by atoms with Crippen molar-refractivity contribution in [1.82, 2.24) is 4.57 Å². The molecule has 8 aromatic carbocycles. The van der Waals surface area contributed by atoms with Gasteiger partial charge in [0.1, 0.15) is 0 Å². The van der Waals surface area contributed by atoms with E-state index in [9.17, 15) is 0 Å². The number of fused-ring (bicyclic) bond motifs is 9. The van der Waals surface area contributed by atoms with E-state index in [2.05, 4.69) is 191 Å². The average Bonchev–Trinajstić information content (AvgIpc) is 3.88. The zero-order chi connectivity index (χ0) is 34.2. The molecule has 0 spiro atoms. The minimum absolute atomic E-state index is 1.13. The number of hydrogen-bond donors (Lipinski definition) is 0. The van der Waals surface area contributed by atoms with Gasteiger partial charge in [0, 0.05) is 37.6 Å². The summed E-state index contributed by atoms with van der Waals surface area (Å²) in [5.74, 6) is 0. The lowest BCUT2D eigenvalue weighted by Gasteiger charge is -2.27. The van der Waals surface area contributed by atoms with E-state index in [4.69, 9.17) is 0 Å². The van der Waals surface area contributed by atoms with Crippen molar-refractivity contribution in [3.63, 3.8) is 0 Å². The molecule has 4 heteroatoms. The van der Waals surface area contributed by atoms with Crippen molar-refractivity contribution in [2.45, 2.75) is 0 Å². The average molecular weight is 699 g/mol. The van der Waals surface area contributed by atoms with Crippen LogP contribution in [0, 0.1) is 0 Å². The van der Waals surface area contributed by atoms with E-state index in [1.807, 2.05) is 22.7 Å². The Morgan fingerprint density at radius 1 is 0.404 bits per heavy atom. The van der Waals surface area contributed by atoms with Crippen LogP contribution in [0.2, 0.25) is 0 Å². The van der Waals surface area contributed by atoms with Gasteiger partial charge in [-0.3, -0.25) is 0 Å². The zero-order valence-corrected chi connectivity index (χ0v) is 29.7. The summed E-state index contributed by atoms with van der Waals surface area (Å²) in [6.07, 6.45) is 0. The van der Waals surface area contributed by atoms with Crippen molar-refractivity contribution in [3.8, 4) is 16.8 Å². The van der Waals surface area contributed by atoms with Crippen molar-refractivity contribution in [2.75, 3.05) is 4.90 Å². The van der Waals surface area contributed by atoms with E-state index < -0.39 is 0 Å². The standard InChI is InChI=1S/C48H30N2S2/c1-2-15-33(16-3-1)50-41-23-8-6-19-39(41)48-45(50)40-22-12-25-43(47(40)52-48)49(42-24-11-21-38-37-18-7-9-26-44(37)51-46(38)42)34-29-27-32(28-30-34)36-20-10-14-31-13-4-5-17-35(31)36/h1-30H. The van der Waals surface area contributed by atoms with Crippen LogP contribution in [0.5, 0.6) is 0 Å². The maximum absolute atomic E-state index is 2.50. The van der Waals surface area contributed by atoms with Crippen molar-refractivity contribution in [2.24, 2.45) is 0 Å². The van der Waals surface area contributed by atoms with Gasteiger partial charge in [-0.05, 0) is 70.4 Å². The highest BCUT2D eigenvalue weighted by Gasteiger charge is 2.24. The van der Waals surface area contributed by atoms with Crippen LogP contribution in [0.3, 0.4) is 0 Å². The van der Waals surface area contributed by atoms with Crippen molar-refractivity contribution in [1.29, 1.82) is 0 Å². The summed E-state index contributed by atoms with van der Waals surface area (Å²) in [5, 5.41) is 7.67. The van der Waals surface area contributed by atoms with Gasteiger partial charge in [0.05, 0.1) is 36.5 Å². The summed E-state index contributed by atoms with van der Waals surface area (Å²) in [7, 11) is 0. The van der Waals surface area contributed by atoms with Crippen molar-refractivity contribution >= 4 is 102 Å². The predicted octanol–water partition coefficient (Wildman–Crippen LogP) is 14.7. The van der Waals surface area contributed by atoms with Crippen LogP contribution < -0.4 is 4.90 Å². The SMILES string of the molecule is c1ccc(-n2c3ccccc3c3sc4c(N(c5ccc(-c6cccc7ccccc67)cc5)c5cccc6c5sc5ccccc56)cccc4c32)cc1. The molecule has 3 heterocycles. The summed E-state index contributed by atoms with van der Waals surface area (Å²) in [6, 6.07) is 66.4. The lowest BCUT2D eigenvalue weighted by molar-refractivity contribution is 1.19. The molecule has 0 fully saturated rings. The highest BCUT2D eigenvalue weighted by molar-refractivity contribution is 7.27. The fraction of sp³-hybridized carbons (Fsp3) is 0. The second-order valence-corrected chi connectivity index (χ2v) is 15.4. The first-order valence-corrected chi connectivity index (χ1v) is 19.2. The molecule has 0 aliphatic heterocycles. The molecule has 0 amide bonds. The van der Waals surface area contributed by atoms with Crippen LogP contribution in [0.25, 0.3) is 79.0 Å². The maximum Gasteiger partial charge on any atom is 0.0728 e. The van der Waals surface area contributed by atoms with Crippen LogP contribution in [0.4, 0.5) is 17.1 Å². The Labute approximate surface area is 308 Å². The predicted molar refractivity (Wildman–Crippen MR) is 227 cm³/mol. The zero-order valence-electron chi connectivity index (χ0n) is 28.0. The first-order chi connectivity index (χ1) is 25.8. The minimum atomic E-state index is 1.13. The topological polar surface area (TPSA) is 8.17 Å². The minimum Gasteiger partial charge on any atom is -0.308 e. The number of benzene rings is 8. The van der Waals surface area contributed by atoms with Crippen molar-refractivity contribution in [3.05, 3.63) is 182 Å². The Morgan fingerprint density at radius 2 is 1.02 bits per heavy atom. The summed E-state index contributed by atoms with van der Waals surface area (Å²) in [6.45, 7) is 0. The third-order valence-corrected chi connectivity index (χ3v) is 12.8. The fourth-order valence-corrected chi connectivity index (χ4v) is 10.6. The highest BCUT2D eigenvalue weighted by Crippen LogP contribution is 2.50. The molecule has 0 aliphatic carbocycles. The molecule has 0 bridgehead atoms. The summed E-state index contributed by atoms with van der Waals surface area (Å²) >= 11 is 3.78. The third kappa shape index (κ3) is 4.42. The molecule has 0 radical (unpaired) electrons. The second-order valence-electron chi connectivity index (χ2n) is 13.3. The molecule has 11 rings (SSSR count). The maximum atomic E-state index is 2.50. The van der Waals surface area contributed by atoms with Crippen LogP contribution in [-0.4, -0.2) is 4.57 Å². The number of thiophene rings is 2. The number of para-hydroxylation sites is 2. The number of nitrogens with zero attached hydrogens (tertiary/aromatic N) is 2. The van der Waals surface area contributed by atoms with Crippen molar-refractivity contribution < 1.29 is 0 Å². The van der Waals surface area contributed by atoms with Gasteiger partial charge in [-0.1, -0.05) is 133 Å². The number of anilines is 3. The molecule has 3 aromatic heterocycles. The Kier molecular flexibility index (Phi) is 6.63. The molecule has 0 aliphatic rings. The molecule has 52 heavy (non-hydrogen) atoms. The monoisotopic (exact) mass is 698 g/mol. The molecular weight excluding hydrogens is 669 g/mol. The Morgan fingerprint density at radius 3 is 1.85 bits per heavy atom. The molecule has 0 N–H and O–H groups in total. The van der Waals surface area contributed by atoms with E-state index in [1.54, 1.807) is 0 Å². The first-order valence-electron chi connectivity index (χ1n) is 17.6. The van der Waals surface area contributed by atoms with E-state index in [0.29, 0.717) is 0 Å². The Bertz CT molecular complexity index is 3120. The molecule has 0 unspecified atom stereocenters. The molecule has 0 atom stereocenters. The largest absolute Gasteiger partial charge is 0.308 e. The van der Waals surface area contributed by atoms with Gasteiger partial charge in [-0.15, -0.1) is 22.7 Å². The normalized spacial score (nSPS) is 11.8. The molecular formula is C48H30N2S2. The first kappa shape index (κ1) is 29.5. The van der Waals surface area contributed by atoms with Gasteiger partial charge in [0.25, 0.3) is 0 Å². The molecule has 2 nitrogen and oxygen atoms in total. The number of rotatable bonds is 5. The number of hydrogen-bond acceptors (Lipinski definition) is 3. The summed E-state index contributed by atoms with van der Waals surface area (Å²) in [5.41, 5.74) is 9.65. The quantitative estimate of drug-likeness (QED) is 0.174. The smallest absolute Gasteiger partial charge is 0.0728 e. The highest BCUT2D eigenvalue weighted by atomic mass is 32.1. The fourth-order valence-electron chi connectivity index (χ4n) is 8.08. The van der Waals surface area contributed by atoms with E-state index in [0.717, 1.165) is 5.69 Å². The van der Waals surface area contributed by atoms with Crippen LogP contribution >= 0.6 is 22.7 Å².